The lowest BCUT2D eigenvalue weighted by Crippen LogP contribution is -2.30. The van der Waals surface area contributed by atoms with Gasteiger partial charge in [0.25, 0.3) is 5.91 Å². The van der Waals surface area contributed by atoms with Gasteiger partial charge in [-0.05, 0) is 62.2 Å². The number of benzene rings is 3. The maximum atomic E-state index is 13.5. The normalized spacial score (nSPS) is 11.1. The molecule has 0 spiro atoms. The molecule has 1 aromatic heterocycles. The van der Waals surface area contributed by atoms with Gasteiger partial charge >= 0.3 is 0 Å². The third-order valence-electron chi connectivity index (χ3n) is 4.82. The van der Waals surface area contributed by atoms with Crippen LogP contribution in [0.4, 0.5) is 5.13 Å². The summed E-state index contributed by atoms with van der Waals surface area (Å²) in [5.41, 5.74) is 3.47. The number of ether oxygens (including phenoxy) is 1. The first kappa shape index (κ1) is 21.3. The minimum absolute atomic E-state index is 0.0758. The molecule has 0 bridgehead atoms. The lowest BCUT2D eigenvalue weighted by atomic mass is 10.1. The summed E-state index contributed by atoms with van der Waals surface area (Å²) in [5.74, 6) is 0.622. The van der Waals surface area contributed by atoms with Crippen LogP contribution in [0.2, 0.25) is 5.02 Å². The number of nitrogens with zero attached hydrogens (tertiary/aromatic N) is 2. The Hall–Kier alpha value is -2.89. The van der Waals surface area contributed by atoms with Gasteiger partial charge in [-0.25, -0.2) is 4.98 Å². The Bertz CT molecular complexity index is 1160. The average molecular weight is 451 g/mol. The number of amides is 1. The highest BCUT2D eigenvalue weighted by Gasteiger charge is 2.23. The standard InChI is InChI=1S/C25H23ClN2O2S/c1-16(2)30-20-12-10-19(11-13-20)24(29)28(15-18-7-5-4-6-8-18)25-27-22-17(3)9-14-21(26)23(22)31-25/h4-14,16H,15H2,1-3H3. The highest BCUT2D eigenvalue weighted by molar-refractivity contribution is 7.23. The molecule has 6 heteroatoms. The van der Waals surface area contributed by atoms with Crippen LogP contribution in [-0.2, 0) is 6.54 Å². The predicted molar refractivity (Wildman–Crippen MR) is 129 cm³/mol. The van der Waals surface area contributed by atoms with Crippen molar-refractivity contribution in [2.75, 3.05) is 4.90 Å². The van der Waals surface area contributed by atoms with Crippen LogP contribution < -0.4 is 9.64 Å². The molecule has 4 nitrogen and oxygen atoms in total. The van der Waals surface area contributed by atoms with Crippen LogP contribution in [0.3, 0.4) is 0 Å². The molecule has 0 atom stereocenters. The molecule has 0 saturated carbocycles. The molecule has 4 aromatic rings. The summed E-state index contributed by atoms with van der Waals surface area (Å²) in [6.45, 7) is 6.36. The van der Waals surface area contributed by atoms with Crippen LogP contribution in [0.1, 0.15) is 35.3 Å². The van der Waals surface area contributed by atoms with Crippen molar-refractivity contribution in [1.29, 1.82) is 0 Å². The smallest absolute Gasteiger partial charge is 0.260 e. The average Bonchev–Trinajstić information content (AvgIpc) is 3.22. The number of halogens is 1. The number of aryl methyl sites for hydroxylation is 1. The fourth-order valence-corrected chi connectivity index (χ4v) is 4.62. The highest BCUT2D eigenvalue weighted by atomic mass is 35.5. The number of aromatic nitrogens is 1. The van der Waals surface area contributed by atoms with Gasteiger partial charge in [0.1, 0.15) is 5.75 Å². The molecule has 0 fully saturated rings. The highest BCUT2D eigenvalue weighted by Crippen LogP contribution is 2.36. The first-order valence-corrected chi connectivity index (χ1v) is 11.3. The molecule has 4 rings (SSSR count). The van der Waals surface area contributed by atoms with E-state index in [9.17, 15) is 4.79 Å². The van der Waals surface area contributed by atoms with Gasteiger partial charge in [0.05, 0.1) is 27.9 Å². The molecule has 0 radical (unpaired) electrons. The van der Waals surface area contributed by atoms with Gasteiger partial charge < -0.3 is 4.74 Å². The lowest BCUT2D eigenvalue weighted by Gasteiger charge is -2.20. The minimum atomic E-state index is -0.118. The van der Waals surface area contributed by atoms with Gasteiger partial charge in [-0.2, -0.15) is 0 Å². The zero-order valence-electron chi connectivity index (χ0n) is 17.6. The van der Waals surface area contributed by atoms with Crippen molar-refractivity contribution in [2.24, 2.45) is 0 Å². The summed E-state index contributed by atoms with van der Waals surface area (Å²) in [6.07, 6.45) is 0.0758. The molecule has 1 amide bonds. The first-order valence-electron chi connectivity index (χ1n) is 10.1. The molecule has 0 saturated heterocycles. The van der Waals surface area contributed by atoms with Crippen LogP contribution in [0.15, 0.2) is 66.7 Å². The lowest BCUT2D eigenvalue weighted by molar-refractivity contribution is 0.0985. The molecule has 1 heterocycles. The molecule has 0 aliphatic heterocycles. The van der Waals surface area contributed by atoms with Crippen molar-refractivity contribution < 1.29 is 9.53 Å². The van der Waals surface area contributed by atoms with Gasteiger partial charge in [0.2, 0.25) is 0 Å². The second-order valence-corrected chi connectivity index (χ2v) is 8.99. The van der Waals surface area contributed by atoms with E-state index in [1.54, 1.807) is 17.0 Å². The van der Waals surface area contributed by atoms with E-state index in [0.717, 1.165) is 27.1 Å². The van der Waals surface area contributed by atoms with E-state index in [0.29, 0.717) is 22.3 Å². The van der Waals surface area contributed by atoms with Crippen molar-refractivity contribution in [1.82, 2.24) is 4.98 Å². The summed E-state index contributed by atoms with van der Waals surface area (Å²) in [6, 6.07) is 21.0. The number of fused-ring (bicyclic) bond motifs is 1. The van der Waals surface area contributed by atoms with Crippen LogP contribution in [0.25, 0.3) is 10.2 Å². The Morgan fingerprint density at radius 1 is 1.06 bits per heavy atom. The van der Waals surface area contributed by atoms with Crippen molar-refractivity contribution >= 4 is 44.2 Å². The Labute approximate surface area is 191 Å². The number of rotatable bonds is 6. The summed E-state index contributed by atoms with van der Waals surface area (Å²) in [4.78, 5) is 20.1. The number of thiazole rings is 1. The van der Waals surface area contributed by atoms with Crippen LogP contribution >= 0.6 is 22.9 Å². The zero-order valence-corrected chi connectivity index (χ0v) is 19.2. The minimum Gasteiger partial charge on any atom is -0.491 e. The number of hydrogen-bond acceptors (Lipinski definition) is 4. The van der Waals surface area contributed by atoms with E-state index in [-0.39, 0.29) is 12.0 Å². The molecule has 0 aliphatic carbocycles. The quantitative estimate of drug-likeness (QED) is 0.321. The molecule has 3 aromatic carbocycles. The summed E-state index contributed by atoms with van der Waals surface area (Å²) in [5, 5.41) is 1.27. The molecule has 158 valence electrons. The van der Waals surface area contributed by atoms with Crippen molar-refractivity contribution in [3.63, 3.8) is 0 Å². The van der Waals surface area contributed by atoms with Gasteiger partial charge in [0.15, 0.2) is 5.13 Å². The van der Waals surface area contributed by atoms with E-state index in [1.807, 2.05) is 75.4 Å². The van der Waals surface area contributed by atoms with Crippen molar-refractivity contribution in [3.8, 4) is 5.75 Å². The molecule has 0 N–H and O–H groups in total. The van der Waals surface area contributed by atoms with Crippen LogP contribution in [0, 0.1) is 6.92 Å². The fraction of sp³-hybridized carbons (Fsp3) is 0.200. The SMILES string of the molecule is Cc1ccc(Cl)c2sc(N(Cc3ccccc3)C(=O)c3ccc(OC(C)C)cc3)nc12. The van der Waals surface area contributed by atoms with Gasteiger partial charge in [-0.15, -0.1) is 0 Å². The fourth-order valence-electron chi connectivity index (χ4n) is 3.30. The van der Waals surface area contributed by atoms with Crippen LogP contribution in [-0.4, -0.2) is 17.0 Å². The monoisotopic (exact) mass is 450 g/mol. The Kier molecular flexibility index (Phi) is 6.25. The molecule has 31 heavy (non-hydrogen) atoms. The second kappa shape index (κ2) is 9.08. The van der Waals surface area contributed by atoms with Gasteiger partial charge in [-0.3, -0.25) is 9.69 Å². The van der Waals surface area contributed by atoms with Gasteiger partial charge in [0, 0.05) is 5.56 Å². The Morgan fingerprint density at radius 2 is 1.77 bits per heavy atom. The second-order valence-electron chi connectivity index (χ2n) is 7.61. The van der Waals surface area contributed by atoms with E-state index in [1.165, 1.54) is 11.3 Å². The zero-order chi connectivity index (χ0) is 22.0. The predicted octanol–water partition coefficient (Wildman–Crippen LogP) is 6.89. The third kappa shape index (κ3) is 4.73. The summed E-state index contributed by atoms with van der Waals surface area (Å²) >= 11 is 7.85. The van der Waals surface area contributed by atoms with E-state index >= 15 is 0 Å². The molecule has 0 aliphatic rings. The summed E-state index contributed by atoms with van der Waals surface area (Å²) < 4.78 is 6.60. The Morgan fingerprint density at radius 3 is 2.42 bits per heavy atom. The summed E-state index contributed by atoms with van der Waals surface area (Å²) in [7, 11) is 0. The molecular weight excluding hydrogens is 428 g/mol. The van der Waals surface area contributed by atoms with Crippen molar-refractivity contribution in [3.05, 3.63) is 88.4 Å². The van der Waals surface area contributed by atoms with Crippen LogP contribution in [0.5, 0.6) is 5.75 Å². The Balaban J connectivity index is 1.73. The molecule has 0 unspecified atom stereocenters. The van der Waals surface area contributed by atoms with E-state index in [2.05, 4.69) is 0 Å². The van der Waals surface area contributed by atoms with Gasteiger partial charge in [-0.1, -0.05) is 59.3 Å². The topological polar surface area (TPSA) is 42.4 Å². The third-order valence-corrected chi connectivity index (χ3v) is 6.36. The maximum Gasteiger partial charge on any atom is 0.260 e. The first-order chi connectivity index (χ1) is 14.9. The maximum absolute atomic E-state index is 13.5. The number of carbonyl (C=O) groups is 1. The number of carbonyl (C=O) groups excluding carboxylic acids is 1. The number of hydrogen-bond donors (Lipinski definition) is 0. The van der Waals surface area contributed by atoms with E-state index < -0.39 is 0 Å². The van der Waals surface area contributed by atoms with E-state index in [4.69, 9.17) is 21.3 Å². The molecular formula is C25H23ClN2O2S. The van der Waals surface area contributed by atoms with Crippen molar-refractivity contribution in [2.45, 2.75) is 33.4 Å². The number of anilines is 1. The largest absolute Gasteiger partial charge is 0.491 e.